The van der Waals surface area contributed by atoms with Gasteiger partial charge in [-0.15, -0.1) is 0 Å². The number of amides is 1. The number of hydrogen-bond donors (Lipinski definition) is 1. The van der Waals surface area contributed by atoms with Crippen LogP contribution in [0.1, 0.15) is 11.7 Å². The molecule has 4 aliphatic heterocycles. The van der Waals surface area contributed by atoms with Gasteiger partial charge in [0.25, 0.3) is 5.91 Å². The van der Waals surface area contributed by atoms with Gasteiger partial charge in [-0.1, -0.05) is 30.3 Å². The predicted octanol–water partition coefficient (Wildman–Crippen LogP) is 1.04. The molecular formula is C27H31N3O7S. The first-order chi connectivity index (χ1) is 18.4. The second-order valence-corrected chi connectivity index (χ2v) is 11.9. The number of aliphatic hydroxyl groups excluding tert-OH is 1. The van der Waals surface area contributed by atoms with Crippen LogP contribution < -0.4 is 9.47 Å². The Balaban J connectivity index is 1.11. The highest BCUT2D eigenvalue weighted by Crippen LogP contribution is 2.36. The Hall–Kier alpha value is -2.96. The van der Waals surface area contributed by atoms with Crippen LogP contribution >= 0.6 is 0 Å². The Bertz CT molecular complexity index is 1320. The molecule has 0 spiro atoms. The fourth-order valence-electron chi connectivity index (χ4n) is 5.40. The highest BCUT2D eigenvalue weighted by molar-refractivity contribution is 7.89. The zero-order valence-corrected chi connectivity index (χ0v) is 21.8. The van der Waals surface area contributed by atoms with Gasteiger partial charge < -0.3 is 24.2 Å². The number of ether oxygens (including phenoxy) is 3. The van der Waals surface area contributed by atoms with Gasteiger partial charge >= 0.3 is 0 Å². The summed E-state index contributed by atoms with van der Waals surface area (Å²) in [6.07, 6.45) is -0.806. The van der Waals surface area contributed by atoms with Gasteiger partial charge in [-0.25, -0.2) is 8.42 Å². The monoisotopic (exact) mass is 541 g/mol. The molecule has 202 valence electrons. The number of carbonyl (C=O) groups excluding carboxylic acids is 1. The molecular weight excluding hydrogens is 510 g/mol. The van der Waals surface area contributed by atoms with Gasteiger partial charge in [-0.3, -0.25) is 9.69 Å². The van der Waals surface area contributed by atoms with Crippen molar-refractivity contribution in [2.45, 2.75) is 17.1 Å². The summed E-state index contributed by atoms with van der Waals surface area (Å²) in [5.74, 6) is 0.865. The molecule has 4 aliphatic rings. The molecule has 38 heavy (non-hydrogen) atoms. The molecule has 0 unspecified atom stereocenters. The average molecular weight is 542 g/mol. The van der Waals surface area contributed by atoms with Crippen molar-refractivity contribution in [1.82, 2.24) is 14.1 Å². The molecule has 0 saturated carbocycles. The number of rotatable bonds is 8. The Labute approximate surface area is 222 Å². The summed E-state index contributed by atoms with van der Waals surface area (Å²) >= 11 is 0. The third-order valence-corrected chi connectivity index (χ3v) is 9.24. The smallest absolute Gasteiger partial charge is 0.256 e. The highest BCUT2D eigenvalue weighted by atomic mass is 32.2. The molecule has 1 atom stereocenters. The van der Waals surface area contributed by atoms with Gasteiger partial charge in [0.2, 0.25) is 10.0 Å². The molecule has 1 amide bonds. The summed E-state index contributed by atoms with van der Waals surface area (Å²) < 4.78 is 45.6. The Kier molecular flexibility index (Phi) is 6.87. The lowest BCUT2D eigenvalue weighted by molar-refractivity contribution is -0.156. The van der Waals surface area contributed by atoms with Crippen molar-refractivity contribution in [3.63, 3.8) is 0 Å². The van der Waals surface area contributed by atoms with Crippen molar-refractivity contribution in [2.24, 2.45) is 0 Å². The lowest BCUT2D eigenvalue weighted by atomic mass is 10.1. The number of sulfonamides is 1. The van der Waals surface area contributed by atoms with Crippen molar-refractivity contribution in [1.29, 1.82) is 0 Å². The van der Waals surface area contributed by atoms with Crippen LogP contribution in [0, 0.1) is 0 Å². The molecule has 2 aromatic carbocycles. The minimum absolute atomic E-state index is 0.0789. The number of aliphatic hydroxyl groups is 1. The zero-order valence-electron chi connectivity index (χ0n) is 21.0. The summed E-state index contributed by atoms with van der Waals surface area (Å²) in [6.45, 7) is 4.16. The van der Waals surface area contributed by atoms with Crippen LogP contribution in [0.2, 0.25) is 0 Å². The van der Waals surface area contributed by atoms with Gasteiger partial charge in [0.1, 0.15) is 13.2 Å². The van der Waals surface area contributed by atoms with Gasteiger partial charge in [0.05, 0.1) is 17.6 Å². The average Bonchev–Trinajstić information content (AvgIpc) is 3.50. The van der Waals surface area contributed by atoms with E-state index in [-0.39, 0.29) is 36.6 Å². The maximum atomic E-state index is 13.7. The summed E-state index contributed by atoms with van der Waals surface area (Å²) in [5, 5.41) is 9.14. The van der Waals surface area contributed by atoms with Crippen molar-refractivity contribution in [3.8, 4) is 11.5 Å². The molecule has 1 saturated heterocycles. The largest absolute Gasteiger partial charge is 0.486 e. The number of benzene rings is 2. The molecule has 1 fully saturated rings. The molecule has 1 N–H and O–H groups in total. The van der Waals surface area contributed by atoms with Gasteiger partial charge in [0, 0.05) is 51.9 Å². The molecule has 0 bridgehead atoms. The SMILES string of the molecule is O=C([C@@H](OC1CN(CCO)C1)c1ccccc1)N1CC2=C(C1)CN(S(=O)(=O)c1ccc3c(c1)OCCO3)C2. The van der Waals surface area contributed by atoms with Gasteiger partial charge in [0.15, 0.2) is 17.6 Å². The first kappa shape index (κ1) is 25.3. The number of fused-ring (bicyclic) bond motifs is 1. The molecule has 0 aliphatic carbocycles. The van der Waals surface area contributed by atoms with Crippen LogP contribution in [0.25, 0.3) is 0 Å². The highest BCUT2D eigenvalue weighted by Gasteiger charge is 2.41. The van der Waals surface area contributed by atoms with E-state index >= 15 is 0 Å². The number of β-amino-alcohol motifs (C(OH)–C–C–N with tert-alkyl or cyclic N) is 1. The topological polar surface area (TPSA) is 109 Å². The van der Waals surface area contributed by atoms with E-state index in [0.717, 1.165) is 16.7 Å². The lowest BCUT2D eigenvalue weighted by Gasteiger charge is -2.40. The van der Waals surface area contributed by atoms with Crippen LogP contribution in [-0.2, 0) is 19.6 Å². The minimum atomic E-state index is -3.73. The van der Waals surface area contributed by atoms with E-state index in [4.69, 9.17) is 19.3 Å². The number of carbonyl (C=O) groups is 1. The van der Waals surface area contributed by atoms with Crippen LogP contribution in [0.15, 0.2) is 64.6 Å². The Morgan fingerprint density at radius 2 is 1.66 bits per heavy atom. The third-order valence-electron chi connectivity index (χ3n) is 7.46. The van der Waals surface area contributed by atoms with E-state index in [9.17, 15) is 13.2 Å². The summed E-state index contributed by atoms with van der Waals surface area (Å²) in [7, 11) is -3.73. The van der Waals surface area contributed by atoms with Crippen molar-refractivity contribution < 1.29 is 32.5 Å². The van der Waals surface area contributed by atoms with E-state index in [2.05, 4.69) is 4.90 Å². The Morgan fingerprint density at radius 3 is 2.34 bits per heavy atom. The van der Waals surface area contributed by atoms with Crippen LogP contribution in [0.4, 0.5) is 0 Å². The van der Waals surface area contributed by atoms with Crippen molar-refractivity contribution in [3.05, 3.63) is 65.2 Å². The standard InChI is InChI=1S/C27H31N3O7S/c31-9-8-28-17-22(18-28)37-26(19-4-2-1-3-5-19)27(32)29-13-20-15-30(16-21(20)14-29)38(33,34)23-6-7-24-25(12-23)36-11-10-35-24/h1-7,12,22,26,31H,8-11,13-18H2/t26-/m0/s1. The third kappa shape index (κ3) is 4.80. The predicted molar refractivity (Wildman–Crippen MR) is 137 cm³/mol. The van der Waals surface area contributed by atoms with Crippen LogP contribution in [-0.4, -0.2) is 105 Å². The first-order valence-corrected chi connectivity index (χ1v) is 14.3. The fourth-order valence-corrected chi connectivity index (χ4v) is 6.85. The van der Waals surface area contributed by atoms with Crippen LogP contribution in [0.5, 0.6) is 11.5 Å². The van der Waals surface area contributed by atoms with E-state index in [1.165, 1.54) is 10.4 Å². The lowest BCUT2D eigenvalue weighted by Crippen LogP contribution is -2.54. The molecule has 2 aromatic rings. The minimum Gasteiger partial charge on any atom is -0.486 e. The van der Waals surface area contributed by atoms with E-state index in [0.29, 0.717) is 57.4 Å². The van der Waals surface area contributed by atoms with Crippen LogP contribution in [0.3, 0.4) is 0 Å². The number of hydrogen-bond acceptors (Lipinski definition) is 8. The summed E-state index contributed by atoms with van der Waals surface area (Å²) in [5.41, 5.74) is 2.72. The molecule has 11 heteroatoms. The molecule has 6 rings (SSSR count). The molecule has 0 radical (unpaired) electrons. The maximum Gasteiger partial charge on any atom is 0.256 e. The van der Waals surface area contributed by atoms with Crippen molar-refractivity contribution in [2.75, 3.05) is 65.6 Å². The first-order valence-electron chi connectivity index (χ1n) is 12.8. The molecule has 4 heterocycles. The second kappa shape index (κ2) is 10.3. The molecule has 0 aromatic heterocycles. The van der Waals surface area contributed by atoms with E-state index < -0.39 is 16.1 Å². The van der Waals surface area contributed by atoms with Gasteiger partial charge in [-0.2, -0.15) is 4.31 Å². The second-order valence-electron chi connectivity index (χ2n) is 10.0. The Morgan fingerprint density at radius 1 is 0.974 bits per heavy atom. The quantitative estimate of drug-likeness (QED) is 0.494. The fraction of sp³-hybridized carbons (Fsp3) is 0.444. The van der Waals surface area contributed by atoms with E-state index in [1.54, 1.807) is 17.0 Å². The number of nitrogens with zero attached hydrogens (tertiary/aromatic N) is 3. The van der Waals surface area contributed by atoms with Gasteiger partial charge in [-0.05, 0) is 28.8 Å². The number of likely N-dealkylation sites (tertiary alicyclic amines) is 1. The normalized spacial score (nSPS) is 20.9. The van der Waals surface area contributed by atoms with Crippen molar-refractivity contribution >= 4 is 15.9 Å². The van der Waals surface area contributed by atoms with E-state index in [1.807, 2.05) is 30.3 Å². The summed E-state index contributed by atoms with van der Waals surface area (Å²) in [4.78, 5) is 17.7. The summed E-state index contributed by atoms with van der Waals surface area (Å²) in [6, 6.07) is 14.2. The zero-order chi connectivity index (χ0) is 26.3. The maximum absolute atomic E-state index is 13.7. The molecule has 10 nitrogen and oxygen atoms in total.